The van der Waals surface area contributed by atoms with E-state index >= 15 is 0 Å². The van der Waals surface area contributed by atoms with E-state index in [1.165, 1.54) is 0 Å². The van der Waals surface area contributed by atoms with Crippen LogP contribution in [-0.4, -0.2) is 48.3 Å². The average molecular weight is 281 g/mol. The van der Waals surface area contributed by atoms with Crippen molar-refractivity contribution in [3.05, 3.63) is 0 Å². The molecule has 2 heterocycles. The van der Waals surface area contributed by atoms with Gasteiger partial charge in [-0.2, -0.15) is 15.0 Å². The third-order valence-electron chi connectivity index (χ3n) is 3.48. The molecule has 0 aromatic carbocycles. The van der Waals surface area contributed by atoms with Crippen LogP contribution in [0.15, 0.2) is 0 Å². The van der Waals surface area contributed by atoms with E-state index in [4.69, 9.17) is 10.6 Å². The predicted octanol–water partition coefficient (Wildman–Crippen LogP) is 0.450. The van der Waals surface area contributed by atoms with Crippen molar-refractivity contribution in [2.24, 2.45) is 11.8 Å². The number of aromatic nitrogens is 3. The Kier molecular flexibility index (Phi) is 4.91. The first kappa shape index (κ1) is 14.7. The lowest BCUT2D eigenvalue weighted by Crippen LogP contribution is -2.32. The van der Waals surface area contributed by atoms with E-state index < -0.39 is 0 Å². The van der Waals surface area contributed by atoms with E-state index in [9.17, 15) is 0 Å². The van der Waals surface area contributed by atoms with Gasteiger partial charge in [-0.15, -0.1) is 0 Å². The highest BCUT2D eigenvalue weighted by Crippen LogP contribution is 2.21. The molecule has 0 bridgehead atoms. The van der Waals surface area contributed by atoms with Gasteiger partial charge in [0.1, 0.15) is 0 Å². The Hall–Kier alpha value is -1.67. The minimum absolute atomic E-state index is 0.280. The summed E-state index contributed by atoms with van der Waals surface area (Å²) in [4.78, 5) is 14.6. The number of nitrogens with zero attached hydrogens (tertiary/aromatic N) is 4. The van der Waals surface area contributed by atoms with Gasteiger partial charge in [0.05, 0.1) is 0 Å². The van der Waals surface area contributed by atoms with Crippen molar-refractivity contribution in [2.45, 2.75) is 25.8 Å². The molecule has 0 amide bonds. The number of hydrogen-bond donors (Lipinski definition) is 3. The topological polar surface area (TPSA) is 101 Å². The Morgan fingerprint density at radius 3 is 2.45 bits per heavy atom. The molecular weight excluding hydrogens is 258 g/mol. The van der Waals surface area contributed by atoms with Gasteiger partial charge in [-0.3, -0.25) is 5.43 Å². The summed E-state index contributed by atoms with van der Waals surface area (Å²) in [6, 6.07) is 0.280. The lowest BCUT2D eigenvalue weighted by Gasteiger charge is -2.28. The first-order valence-corrected chi connectivity index (χ1v) is 6.84. The van der Waals surface area contributed by atoms with Crippen LogP contribution < -0.4 is 21.5 Å². The largest absolute Gasteiger partial charge is 0.381 e. The van der Waals surface area contributed by atoms with Gasteiger partial charge in [-0.05, 0) is 25.7 Å². The van der Waals surface area contributed by atoms with Crippen LogP contribution in [0.4, 0.5) is 17.8 Å². The molecule has 4 N–H and O–H groups in total. The van der Waals surface area contributed by atoms with Crippen LogP contribution in [0.3, 0.4) is 0 Å². The fourth-order valence-electron chi connectivity index (χ4n) is 2.23. The molecule has 0 aliphatic carbocycles. The first-order chi connectivity index (χ1) is 9.60. The molecule has 1 unspecified atom stereocenters. The number of ether oxygens (including phenoxy) is 1. The maximum absolute atomic E-state index is 5.40. The second kappa shape index (κ2) is 6.67. The molecule has 1 aliphatic rings. The summed E-state index contributed by atoms with van der Waals surface area (Å²) in [6.07, 6.45) is 2.11. The highest BCUT2D eigenvalue weighted by Gasteiger charge is 2.21. The van der Waals surface area contributed by atoms with E-state index in [-0.39, 0.29) is 6.04 Å². The summed E-state index contributed by atoms with van der Waals surface area (Å²) in [6.45, 7) is 3.80. The van der Waals surface area contributed by atoms with Gasteiger partial charge >= 0.3 is 0 Å². The van der Waals surface area contributed by atoms with Crippen LogP contribution >= 0.6 is 0 Å². The zero-order chi connectivity index (χ0) is 14.5. The Morgan fingerprint density at radius 1 is 1.20 bits per heavy atom. The van der Waals surface area contributed by atoms with E-state index in [0.717, 1.165) is 26.1 Å². The fourth-order valence-corrected chi connectivity index (χ4v) is 2.23. The molecule has 1 fully saturated rings. The van der Waals surface area contributed by atoms with Crippen molar-refractivity contribution in [3.8, 4) is 0 Å². The summed E-state index contributed by atoms with van der Waals surface area (Å²) < 4.78 is 5.38. The molecule has 0 saturated carbocycles. The number of nitrogen functional groups attached to an aromatic ring is 1. The van der Waals surface area contributed by atoms with E-state index in [2.05, 4.69) is 32.6 Å². The molecule has 1 aromatic heterocycles. The van der Waals surface area contributed by atoms with E-state index in [1.54, 1.807) is 0 Å². The average Bonchev–Trinajstić information content (AvgIpc) is 2.47. The van der Waals surface area contributed by atoms with Crippen LogP contribution in [0.1, 0.15) is 19.8 Å². The summed E-state index contributed by atoms with van der Waals surface area (Å²) >= 11 is 0. The molecule has 1 saturated heterocycles. The third-order valence-corrected chi connectivity index (χ3v) is 3.48. The number of nitrogens with two attached hydrogens (primary N) is 1. The maximum atomic E-state index is 5.40. The van der Waals surface area contributed by atoms with Crippen LogP contribution in [0.5, 0.6) is 0 Å². The minimum Gasteiger partial charge on any atom is -0.381 e. The number of rotatable bonds is 5. The van der Waals surface area contributed by atoms with Gasteiger partial charge in [-0.1, -0.05) is 0 Å². The van der Waals surface area contributed by atoms with Gasteiger partial charge in [0.25, 0.3) is 0 Å². The van der Waals surface area contributed by atoms with Gasteiger partial charge in [0.2, 0.25) is 17.8 Å². The van der Waals surface area contributed by atoms with Crippen LogP contribution in [0.25, 0.3) is 0 Å². The number of hydrogen-bond acceptors (Lipinski definition) is 8. The second-order valence-electron chi connectivity index (χ2n) is 5.20. The molecule has 20 heavy (non-hydrogen) atoms. The van der Waals surface area contributed by atoms with E-state index in [1.807, 2.05) is 19.0 Å². The highest BCUT2D eigenvalue weighted by atomic mass is 16.5. The molecule has 0 radical (unpaired) electrons. The summed E-state index contributed by atoms with van der Waals surface area (Å²) in [5.74, 6) is 7.42. The number of nitrogens with one attached hydrogen (secondary N) is 2. The van der Waals surface area contributed by atoms with Gasteiger partial charge < -0.3 is 15.0 Å². The summed E-state index contributed by atoms with van der Waals surface area (Å²) in [5, 5.41) is 3.34. The lowest BCUT2D eigenvalue weighted by atomic mass is 9.93. The molecule has 1 atom stereocenters. The lowest BCUT2D eigenvalue weighted by molar-refractivity contribution is 0.0621. The normalized spacial score (nSPS) is 17.6. The molecule has 8 heteroatoms. The zero-order valence-corrected chi connectivity index (χ0v) is 12.3. The second-order valence-corrected chi connectivity index (χ2v) is 5.20. The van der Waals surface area contributed by atoms with Crippen LogP contribution in [0.2, 0.25) is 0 Å². The Balaban J connectivity index is 2.09. The third kappa shape index (κ3) is 3.67. The smallest absolute Gasteiger partial charge is 0.243 e. The van der Waals surface area contributed by atoms with Crippen molar-refractivity contribution in [3.63, 3.8) is 0 Å². The van der Waals surface area contributed by atoms with Gasteiger partial charge in [-0.25, -0.2) is 5.84 Å². The quantitative estimate of drug-likeness (QED) is 0.528. The Bertz CT molecular complexity index is 434. The van der Waals surface area contributed by atoms with Crippen molar-refractivity contribution in [2.75, 3.05) is 43.0 Å². The number of hydrazine groups is 1. The Morgan fingerprint density at radius 2 is 1.85 bits per heavy atom. The van der Waals surface area contributed by atoms with Crippen LogP contribution in [0, 0.1) is 5.92 Å². The molecule has 112 valence electrons. The first-order valence-electron chi connectivity index (χ1n) is 6.84. The van der Waals surface area contributed by atoms with Crippen molar-refractivity contribution < 1.29 is 4.74 Å². The fraction of sp³-hybridized carbons (Fsp3) is 0.750. The standard InChI is InChI=1S/C12H23N7O/c1-8(9-4-6-20-7-5-9)14-10-15-11(18-13)17-12(16-10)19(2)3/h8-9H,4-7,13H2,1-3H3,(H2,14,15,16,17,18). The van der Waals surface area contributed by atoms with Gasteiger partial charge in [0, 0.05) is 33.4 Å². The van der Waals surface area contributed by atoms with E-state index in [0.29, 0.717) is 23.8 Å². The predicted molar refractivity (Wildman–Crippen MR) is 78.6 cm³/mol. The SMILES string of the molecule is CC(Nc1nc(NN)nc(N(C)C)n1)C1CCOCC1. The number of anilines is 3. The monoisotopic (exact) mass is 281 g/mol. The molecule has 1 aliphatic heterocycles. The highest BCUT2D eigenvalue weighted by molar-refractivity contribution is 5.42. The summed E-state index contributed by atoms with van der Waals surface area (Å²) in [5.41, 5.74) is 2.47. The van der Waals surface area contributed by atoms with Gasteiger partial charge in [0.15, 0.2) is 0 Å². The molecule has 1 aromatic rings. The minimum atomic E-state index is 0.280. The van der Waals surface area contributed by atoms with Crippen LogP contribution in [-0.2, 0) is 4.74 Å². The Labute approximate surface area is 119 Å². The summed E-state index contributed by atoms with van der Waals surface area (Å²) in [7, 11) is 3.75. The molecule has 8 nitrogen and oxygen atoms in total. The molecule has 0 spiro atoms. The van der Waals surface area contributed by atoms with Crippen molar-refractivity contribution in [1.82, 2.24) is 15.0 Å². The van der Waals surface area contributed by atoms with Crippen molar-refractivity contribution in [1.29, 1.82) is 0 Å². The molecular formula is C12H23N7O. The van der Waals surface area contributed by atoms with Crippen molar-refractivity contribution >= 4 is 17.8 Å². The zero-order valence-electron chi connectivity index (χ0n) is 12.3. The molecule has 2 rings (SSSR count). The maximum Gasteiger partial charge on any atom is 0.243 e.